The topological polar surface area (TPSA) is 97.6 Å². The number of nitro groups is 1. The monoisotopic (exact) mass is 304 g/mol. The van der Waals surface area contributed by atoms with Gasteiger partial charge in [-0.15, -0.1) is 11.6 Å². The first-order chi connectivity index (χ1) is 8.89. The van der Waals surface area contributed by atoms with Crippen LogP contribution in [0.15, 0.2) is 23.1 Å². The Morgan fingerprint density at radius 2 is 2.05 bits per heavy atom. The minimum Gasteiger partial charge on any atom is -0.268 e. The van der Waals surface area contributed by atoms with E-state index in [1.807, 2.05) is 0 Å². The predicted octanol–water partition coefficient (Wildman–Crippen LogP) is 1.37. The van der Waals surface area contributed by atoms with Gasteiger partial charge in [0, 0.05) is 24.6 Å². The van der Waals surface area contributed by atoms with E-state index in [0.29, 0.717) is 10.7 Å². The molecule has 0 aliphatic carbocycles. The molecule has 1 aromatic rings. The third-order valence-electron chi connectivity index (χ3n) is 2.70. The van der Waals surface area contributed by atoms with Crippen LogP contribution in [0.1, 0.15) is 16.8 Å². The number of non-ortho nitro benzene ring substituents is 1. The number of sulfonamides is 1. The summed E-state index contributed by atoms with van der Waals surface area (Å²) in [4.78, 5) is 21.5. The summed E-state index contributed by atoms with van der Waals surface area (Å²) in [5.74, 6) is -0.453. The molecule has 1 heterocycles. The Bertz CT molecular complexity index is 658. The lowest BCUT2D eigenvalue weighted by molar-refractivity contribution is -0.385. The Morgan fingerprint density at radius 1 is 1.37 bits per heavy atom. The summed E-state index contributed by atoms with van der Waals surface area (Å²) in [7, 11) is -4.00. The molecule has 0 spiro atoms. The fraction of sp³-hybridized carbons (Fsp3) is 0.300. The number of carbonyl (C=O) groups is 1. The van der Waals surface area contributed by atoms with E-state index in [2.05, 4.69) is 0 Å². The average molecular weight is 305 g/mol. The fourth-order valence-corrected chi connectivity index (χ4v) is 3.55. The van der Waals surface area contributed by atoms with Crippen molar-refractivity contribution in [2.75, 3.05) is 12.4 Å². The van der Waals surface area contributed by atoms with E-state index in [1.165, 1.54) is 0 Å². The van der Waals surface area contributed by atoms with Crippen molar-refractivity contribution in [1.82, 2.24) is 4.31 Å². The molecule has 1 amide bonds. The van der Waals surface area contributed by atoms with Crippen LogP contribution in [-0.4, -0.2) is 36.0 Å². The normalized spacial score (nSPS) is 16.5. The van der Waals surface area contributed by atoms with Gasteiger partial charge in [0.05, 0.1) is 10.5 Å². The summed E-state index contributed by atoms with van der Waals surface area (Å²) in [5.41, 5.74) is -0.408. The minimum atomic E-state index is -4.00. The van der Waals surface area contributed by atoms with Crippen LogP contribution in [0.25, 0.3) is 0 Å². The maximum atomic E-state index is 12.1. The molecular weight excluding hydrogens is 296 g/mol. The van der Waals surface area contributed by atoms with Gasteiger partial charge in [-0.3, -0.25) is 14.9 Å². The van der Waals surface area contributed by atoms with Gasteiger partial charge in [0.2, 0.25) is 0 Å². The maximum absolute atomic E-state index is 12.1. The van der Waals surface area contributed by atoms with Crippen LogP contribution < -0.4 is 0 Å². The lowest BCUT2D eigenvalue weighted by Gasteiger charge is -2.13. The average Bonchev–Trinajstić information content (AvgIpc) is 2.55. The fourth-order valence-electron chi connectivity index (χ4n) is 1.80. The molecule has 0 radical (unpaired) electrons. The molecule has 0 bridgehead atoms. The molecule has 7 nitrogen and oxygen atoms in total. The molecule has 0 N–H and O–H groups in total. The Labute approximate surface area is 114 Å². The van der Waals surface area contributed by atoms with Gasteiger partial charge in [0.25, 0.3) is 21.6 Å². The first kappa shape index (κ1) is 13.8. The van der Waals surface area contributed by atoms with Crippen molar-refractivity contribution >= 4 is 33.2 Å². The smallest absolute Gasteiger partial charge is 0.268 e. The number of fused-ring (bicyclic) bond motifs is 1. The molecule has 0 saturated carbocycles. The standard InChI is InChI=1S/C10H9ClN2O5S/c11-4-1-5-12-10(14)8-3-2-7(13(15)16)6-9(8)19(12,17)18/h2-3,6H,1,4-5H2. The molecule has 0 aromatic heterocycles. The SMILES string of the molecule is O=C1c2ccc([N+](=O)[O-])cc2S(=O)(=O)N1CCCCl. The molecule has 19 heavy (non-hydrogen) atoms. The van der Waals surface area contributed by atoms with Crippen LogP contribution in [0.5, 0.6) is 0 Å². The number of amides is 1. The van der Waals surface area contributed by atoms with Gasteiger partial charge in [-0.1, -0.05) is 0 Å². The summed E-state index contributed by atoms with van der Waals surface area (Å²) in [6.07, 6.45) is 0.322. The molecule has 102 valence electrons. The van der Waals surface area contributed by atoms with E-state index < -0.39 is 20.9 Å². The molecule has 9 heteroatoms. The Kier molecular flexibility index (Phi) is 3.46. The minimum absolute atomic E-state index is 0.0346. The molecule has 1 aromatic carbocycles. The highest BCUT2D eigenvalue weighted by Crippen LogP contribution is 2.32. The number of alkyl halides is 1. The molecular formula is C10H9ClN2O5S. The lowest BCUT2D eigenvalue weighted by Crippen LogP contribution is -2.31. The molecule has 2 rings (SSSR count). The van der Waals surface area contributed by atoms with E-state index >= 15 is 0 Å². The number of carbonyl (C=O) groups excluding carboxylic acids is 1. The Hall–Kier alpha value is -1.67. The summed E-state index contributed by atoms with van der Waals surface area (Å²) in [5, 5.41) is 10.6. The van der Waals surface area contributed by atoms with Crippen molar-refractivity contribution in [3.05, 3.63) is 33.9 Å². The van der Waals surface area contributed by atoms with E-state index in [1.54, 1.807) is 0 Å². The first-order valence-electron chi connectivity index (χ1n) is 5.31. The predicted molar refractivity (Wildman–Crippen MR) is 66.7 cm³/mol. The molecule has 1 aliphatic rings. The van der Waals surface area contributed by atoms with Crippen LogP contribution in [0, 0.1) is 10.1 Å². The number of rotatable bonds is 4. The summed E-state index contributed by atoms with van der Waals surface area (Å²) in [6.45, 7) is -0.0346. The van der Waals surface area contributed by atoms with Crippen LogP contribution >= 0.6 is 11.6 Å². The number of benzene rings is 1. The van der Waals surface area contributed by atoms with Gasteiger partial charge in [-0.2, -0.15) is 0 Å². The Balaban J connectivity index is 2.51. The molecule has 0 atom stereocenters. The maximum Gasteiger partial charge on any atom is 0.270 e. The number of nitrogens with zero attached hydrogens (tertiary/aromatic N) is 2. The summed E-state index contributed by atoms with van der Waals surface area (Å²) >= 11 is 5.48. The van der Waals surface area contributed by atoms with Gasteiger partial charge in [-0.25, -0.2) is 12.7 Å². The second kappa shape index (κ2) is 4.78. The largest absolute Gasteiger partial charge is 0.270 e. The second-order valence-corrected chi connectivity index (χ2v) is 6.07. The van der Waals surface area contributed by atoms with Gasteiger partial charge in [0.1, 0.15) is 4.90 Å². The zero-order valence-electron chi connectivity index (χ0n) is 9.58. The number of halogens is 1. The van der Waals surface area contributed by atoms with E-state index in [9.17, 15) is 23.3 Å². The molecule has 1 aliphatic heterocycles. The van der Waals surface area contributed by atoms with E-state index in [0.717, 1.165) is 18.2 Å². The molecule has 0 saturated heterocycles. The van der Waals surface area contributed by atoms with Crippen LogP contribution in [0.2, 0.25) is 0 Å². The zero-order chi connectivity index (χ0) is 14.2. The molecule has 0 unspecified atom stereocenters. The van der Waals surface area contributed by atoms with Crippen LogP contribution in [0.3, 0.4) is 0 Å². The zero-order valence-corrected chi connectivity index (χ0v) is 11.1. The van der Waals surface area contributed by atoms with Crippen LogP contribution in [0.4, 0.5) is 5.69 Å². The van der Waals surface area contributed by atoms with Gasteiger partial charge in [-0.05, 0) is 12.5 Å². The summed E-state index contributed by atoms with van der Waals surface area (Å²) < 4.78 is 24.9. The van der Waals surface area contributed by atoms with Crippen molar-refractivity contribution in [2.45, 2.75) is 11.3 Å². The highest BCUT2D eigenvalue weighted by Gasteiger charge is 2.41. The molecule has 0 fully saturated rings. The van der Waals surface area contributed by atoms with E-state index in [4.69, 9.17) is 11.6 Å². The quantitative estimate of drug-likeness (QED) is 0.475. The highest BCUT2D eigenvalue weighted by molar-refractivity contribution is 7.90. The first-order valence-corrected chi connectivity index (χ1v) is 7.28. The third kappa shape index (κ3) is 2.17. The van der Waals surface area contributed by atoms with Gasteiger partial charge in [0.15, 0.2) is 0 Å². The van der Waals surface area contributed by atoms with Crippen molar-refractivity contribution in [1.29, 1.82) is 0 Å². The Morgan fingerprint density at radius 3 is 2.63 bits per heavy atom. The van der Waals surface area contributed by atoms with Gasteiger partial charge < -0.3 is 0 Å². The van der Waals surface area contributed by atoms with Crippen LogP contribution in [-0.2, 0) is 10.0 Å². The third-order valence-corrected chi connectivity index (χ3v) is 4.79. The van der Waals surface area contributed by atoms with Crippen molar-refractivity contribution < 1.29 is 18.1 Å². The highest BCUT2D eigenvalue weighted by atomic mass is 35.5. The second-order valence-electron chi connectivity index (χ2n) is 3.86. The lowest BCUT2D eigenvalue weighted by atomic mass is 10.2. The number of hydrogen-bond donors (Lipinski definition) is 0. The van der Waals surface area contributed by atoms with Gasteiger partial charge >= 0.3 is 0 Å². The van der Waals surface area contributed by atoms with E-state index in [-0.39, 0.29) is 28.6 Å². The summed E-state index contributed by atoms with van der Waals surface area (Å²) in [6, 6.07) is 3.18. The van der Waals surface area contributed by atoms with Crippen molar-refractivity contribution in [2.24, 2.45) is 0 Å². The van der Waals surface area contributed by atoms with Crippen molar-refractivity contribution in [3.63, 3.8) is 0 Å². The number of nitro benzene ring substituents is 1. The van der Waals surface area contributed by atoms with Crippen molar-refractivity contribution in [3.8, 4) is 0 Å². The number of hydrogen-bond acceptors (Lipinski definition) is 5.